The van der Waals surface area contributed by atoms with Crippen molar-refractivity contribution in [2.75, 3.05) is 6.54 Å². The van der Waals surface area contributed by atoms with Crippen molar-refractivity contribution in [3.63, 3.8) is 0 Å². The number of nitrogens with one attached hydrogen (secondary N) is 2. The van der Waals surface area contributed by atoms with E-state index in [1.165, 1.54) is 0 Å². The quantitative estimate of drug-likeness (QED) is 0.351. The molecule has 0 radical (unpaired) electrons. The van der Waals surface area contributed by atoms with Crippen molar-refractivity contribution in [1.29, 1.82) is 5.26 Å². The number of hydrogen-bond donors (Lipinski definition) is 2. The van der Waals surface area contributed by atoms with Gasteiger partial charge in [-0.05, 0) is 74.8 Å². The Bertz CT molecular complexity index is 842. The molecule has 0 bridgehead atoms. The summed E-state index contributed by atoms with van der Waals surface area (Å²) >= 11 is 12.1. The highest BCUT2D eigenvalue weighted by atomic mass is 79.9. The predicted octanol–water partition coefficient (Wildman–Crippen LogP) is 4.48. The second-order valence-electron chi connectivity index (χ2n) is 5.10. The SMILES string of the molecule is CCNC(=S)N/N=C\c1cc(Br)c(OCc2ccccc2C#N)c(Br)c1. The molecule has 8 heteroatoms. The number of thiocarbonyl (C=S) groups is 1. The summed E-state index contributed by atoms with van der Waals surface area (Å²) in [5, 5.41) is 16.7. The molecule has 2 rings (SSSR count). The maximum absolute atomic E-state index is 9.16. The third-order valence-corrected chi connectivity index (χ3v) is 4.66. The van der Waals surface area contributed by atoms with Crippen LogP contribution in [0.5, 0.6) is 5.75 Å². The number of benzene rings is 2. The Labute approximate surface area is 174 Å². The summed E-state index contributed by atoms with van der Waals surface area (Å²) in [6.45, 7) is 2.99. The third kappa shape index (κ3) is 5.80. The summed E-state index contributed by atoms with van der Waals surface area (Å²) in [5.74, 6) is 0.658. The van der Waals surface area contributed by atoms with Crippen molar-refractivity contribution in [2.24, 2.45) is 5.10 Å². The highest BCUT2D eigenvalue weighted by Gasteiger charge is 2.10. The van der Waals surface area contributed by atoms with E-state index in [4.69, 9.17) is 22.2 Å². The Hall–Kier alpha value is -1.95. The highest BCUT2D eigenvalue weighted by Crippen LogP contribution is 2.35. The molecule has 2 aromatic carbocycles. The van der Waals surface area contributed by atoms with Crippen LogP contribution in [0.2, 0.25) is 0 Å². The average Bonchev–Trinajstić information content (AvgIpc) is 2.61. The van der Waals surface area contributed by atoms with Crippen molar-refractivity contribution in [3.8, 4) is 11.8 Å². The van der Waals surface area contributed by atoms with E-state index in [1.54, 1.807) is 12.3 Å². The van der Waals surface area contributed by atoms with Gasteiger partial charge < -0.3 is 10.1 Å². The van der Waals surface area contributed by atoms with Gasteiger partial charge in [-0.3, -0.25) is 5.43 Å². The zero-order valence-corrected chi connectivity index (χ0v) is 17.9. The molecule has 2 aromatic rings. The van der Waals surface area contributed by atoms with Crippen LogP contribution in [0.3, 0.4) is 0 Å². The Morgan fingerprint density at radius 1 is 1.31 bits per heavy atom. The maximum atomic E-state index is 9.16. The molecule has 0 aliphatic carbocycles. The molecule has 0 atom stereocenters. The molecule has 0 aromatic heterocycles. The number of nitrogens with zero attached hydrogens (tertiary/aromatic N) is 2. The van der Waals surface area contributed by atoms with E-state index >= 15 is 0 Å². The monoisotopic (exact) mass is 494 g/mol. The summed E-state index contributed by atoms with van der Waals surface area (Å²) < 4.78 is 7.44. The van der Waals surface area contributed by atoms with E-state index in [-0.39, 0.29) is 0 Å². The number of nitriles is 1. The molecule has 0 saturated heterocycles. The van der Waals surface area contributed by atoms with Gasteiger partial charge in [-0.2, -0.15) is 10.4 Å². The van der Waals surface area contributed by atoms with Crippen LogP contribution < -0.4 is 15.5 Å². The Morgan fingerprint density at radius 2 is 2.00 bits per heavy atom. The van der Waals surface area contributed by atoms with Crippen LogP contribution in [0.1, 0.15) is 23.6 Å². The van der Waals surface area contributed by atoms with Gasteiger partial charge in [0.25, 0.3) is 0 Å². The summed E-state index contributed by atoms with van der Waals surface area (Å²) in [5.41, 5.74) is 5.04. The number of hydrazone groups is 1. The minimum atomic E-state index is 0.298. The second-order valence-corrected chi connectivity index (χ2v) is 7.22. The van der Waals surface area contributed by atoms with Gasteiger partial charge in [-0.25, -0.2) is 0 Å². The minimum Gasteiger partial charge on any atom is -0.486 e. The fourth-order valence-electron chi connectivity index (χ4n) is 2.06. The summed E-state index contributed by atoms with van der Waals surface area (Å²) in [4.78, 5) is 0. The molecular weight excluding hydrogens is 480 g/mol. The lowest BCUT2D eigenvalue weighted by atomic mass is 10.1. The first-order valence-electron chi connectivity index (χ1n) is 7.72. The zero-order valence-electron chi connectivity index (χ0n) is 13.9. The van der Waals surface area contributed by atoms with E-state index in [1.807, 2.05) is 37.3 Å². The molecule has 0 heterocycles. The first-order chi connectivity index (χ1) is 12.5. The normalized spacial score (nSPS) is 10.4. The van der Waals surface area contributed by atoms with E-state index in [0.717, 1.165) is 26.6 Å². The van der Waals surface area contributed by atoms with Crippen LogP contribution in [0.4, 0.5) is 0 Å². The van der Waals surface area contributed by atoms with Crippen molar-refractivity contribution in [3.05, 3.63) is 62.0 Å². The van der Waals surface area contributed by atoms with Crippen LogP contribution in [0.25, 0.3) is 0 Å². The van der Waals surface area contributed by atoms with Gasteiger partial charge in [0.1, 0.15) is 12.4 Å². The second kappa shape index (κ2) is 10.3. The van der Waals surface area contributed by atoms with Gasteiger partial charge in [0.05, 0.1) is 26.8 Å². The molecular formula is C18H16Br2N4OS. The van der Waals surface area contributed by atoms with Crippen molar-refractivity contribution in [2.45, 2.75) is 13.5 Å². The van der Waals surface area contributed by atoms with Crippen molar-refractivity contribution >= 4 is 55.4 Å². The van der Waals surface area contributed by atoms with Crippen molar-refractivity contribution in [1.82, 2.24) is 10.7 Å². The maximum Gasteiger partial charge on any atom is 0.186 e. The van der Waals surface area contributed by atoms with Crippen LogP contribution in [0.15, 0.2) is 50.4 Å². The van der Waals surface area contributed by atoms with Gasteiger partial charge in [0, 0.05) is 12.1 Å². The Morgan fingerprint density at radius 3 is 2.65 bits per heavy atom. The first-order valence-corrected chi connectivity index (χ1v) is 9.71. The number of halogens is 2. The fraction of sp³-hybridized carbons (Fsp3) is 0.167. The molecule has 0 spiro atoms. The molecule has 0 aliphatic heterocycles. The topological polar surface area (TPSA) is 69.4 Å². The zero-order chi connectivity index (χ0) is 18.9. The van der Waals surface area contributed by atoms with E-state index in [2.05, 4.69) is 53.8 Å². The first kappa shape index (κ1) is 20.4. The van der Waals surface area contributed by atoms with E-state index in [9.17, 15) is 0 Å². The summed E-state index contributed by atoms with van der Waals surface area (Å²) in [6, 6.07) is 13.3. The Balaban J connectivity index is 2.08. The Kier molecular flexibility index (Phi) is 8.04. The third-order valence-electron chi connectivity index (χ3n) is 3.25. The number of rotatable bonds is 6. The van der Waals surface area contributed by atoms with Gasteiger partial charge in [-0.1, -0.05) is 18.2 Å². The molecule has 0 saturated carbocycles. The lowest BCUT2D eigenvalue weighted by Crippen LogP contribution is -2.31. The van der Waals surface area contributed by atoms with Crippen LogP contribution in [-0.2, 0) is 6.61 Å². The van der Waals surface area contributed by atoms with Crippen LogP contribution >= 0.6 is 44.1 Å². The van der Waals surface area contributed by atoms with Crippen LogP contribution in [-0.4, -0.2) is 17.9 Å². The fourth-order valence-corrected chi connectivity index (χ4v) is 3.71. The molecule has 0 fully saturated rings. The van der Waals surface area contributed by atoms with Crippen LogP contribution in [0, 0.1) is 11.3 Å². The lowest BCUT2D eigenvalue weighted by molar-refractivity contribution is 0.302. The molecule has 0 aliphatic rings. The molecule has 134 valence electrons. The molecule has 2 N–H and O–H groups in total. The van der Waals surface area contributed by atoms with Crippen molar-refractivity contribution < 1.29 is 4.74 Å². The smallest absolute Gasteiger partial charge is 0.186 e. The van der Waals surface area contributed by atoms with Gasteiger partial charge in [0.2, 0.25) is 0 Å². The van der Waals surface area contributed by atoms with Gasteiger partial charge >= 0.3 is 0 Å². The van der Waals surface area contributed by atoms with E-state index in [0.29, 0.717) is 23.0 Å². The lowest BCUT2D eigenvalue weighted by Gasteiger charge is -2.12. The van der Waals surface area contributed by atoms with E-state index < -0.39 is 0 Å². The number of ether oxygens (including phenoxy) is 1. The molecule has 26 heavy (non-hydrogen) atoms. The summed E-state index contributed by atoms with van der Waals surface area (Å²) in [6.07, 6.45) is 1.66. The molecule has 5 nitrogen and oxygen atoms in total. The number of hydrogen-bond acceptors (Lipinski definition) is 4. The van der Waals surface area contributed by atoms with Gasteiger partial charge in [-0.15, -0.1) is 0 Å². The average molecular weight is 496 g/mol. The molecule has 0 amide bonds. The minimum absolute atomic E-state index is 0.298. The molecule has 0 unspecified atom stereocenters. The van der Waals surface area contributed by atoms with Gasteiger partial charge in [0.15, 0.2) is 5.11 Å². The summed E-state index contributed by atoms with van der Waals surface area (Å²) in [7, 11) is 0. The standard InChI is InChI=1S/C18H16Br2N4OS/c1-2-22-18(26)24-23-10-12-7-15(19)17(16(20)8-12)25-11-14-6-4-3-5-13(14)9-21/h3-8,10H,2,11H2,1H3,(H2,22,24,26)/b23-10-. The highest BCUT2D eigenvalue weighted by molar-refractivity contribution is 9.11. The predicted molar refractivity (Wildman–Crippen MR) is 114 cm³/mol. The largest absolute Gasteiger partial charge is 0.486 e.